The fourth-order valence-corrected chi connectivity index (χ4v) is 3.18. The van der Waals surface area contributed by atoms with Gasteiger partial charge >= 0.3 is 0 Å². The van der Waals surface area contributed by atoms with E-state index in [1.54, 1.807) is 0 Å². The van der Waals surface area contributed by atoms with Crippen LogP contribution < -0.4 is 4.90 Å². The van der Waals surface area contributed by atoms with Gasteiger partial charge in [-0.3, -0.25) is 4.98 Å². The van der Waals surface area contributed by atoms with Gasteiger partial charge in [-0.15, -0.1) is 0 Å². The van der Waals surface area contributed by atoms with Gasteiger partial charge in [0.1, 0.15) is 0 Å². The van der Waals surface area contributed by atoms with E-state index in [0.717, 1.165) is 13.1 Å². The number of piperidine rings is 1. The van der Waals surface area contributed by atoms with Gasteiger partial charge < -0.3 is 4.90 Å². The van der Waals surface area contributed by atoms with Crippen molar-refractivity contribution < 1.29 is 0 Å². The van der Waals surface area contributed by atoms with Gasteiger partial charge in [-0.05, 0) is 60.1 Å². The molecule has 1 aromatic heterocycles. The predicted octanol–water partition coefficient (Wildman–Crippen LogP) is 4.59. The maximum atomic E-state index is 4.11. The fourth-order valence-electron chi connectivity index (χ4n) is 3.18. The largest absolute Gasteiger partial charge is 0.371 e. The maximum Gasteiger partial charge on any atom is 0.0366 e. The van der Waals surface area contributed by atoms with Crippen LogP contribution in [0, 0.1) is 0 Å². The molecule has 21 heavy (non-hydrogen) atoms. The van der Waals surface area contributed by atoms with E-state index in [-0.39, 0.29) is 0 Å². The normalized spacial score (nSPS) is 16.4. The van der Waals surface area contributed by atoms with Crippen molar-refractivity contribution >= 4 is 5.69 Å². The van der Waals surface area contributed by atoms with Gasteiger partial charge in [0.25, 0.3) is 0 Å². The summed E-state index contributed by atoms with van der Waals surface area (Å²) in [6, 6.07) is 13.4. The van der Waals surface area contributed by atoms with Crippen LogP contribution in [0.15, 0.2) is 48.8 Å². The molecule has 1 aliphatic heterocycles. The first kappa shape index (κ1) is 14.1. The van der Waals surface area contributed by atoms with Gasteiger partial charge in [0.05, 0.1) is 0 Å². The molecule has 1 saturated heterocycles. The Balaban J connectivity index is 1.63. The fraction of sp³-hybridized carbons (Fsp3) is 0.421. The summed E-state index contributed by atoms with van der Waals surface area (Å²) in [5.41, 5.74) is 4.23. The van der Waals surface area contributed by atoms with E-state index in [1.165, 1.54) is 29.7 Å². The van der Waals surface area contributed by atoms with Crippen LogP contribution in [-0.2, 0) is 0 Å². The lowest BCUT2D eigenvalue weighted by molar-refractivity contribution is 0.505. The number of anilines is 1. The summed E-state index contributed by atoms with van der Waals surface area (Å²) in [7, 11) is 0. The van der Waals surface area contributed by atoms with Crippen LogP contribution in [0.1, 0.15) is 49.7 Å². The zero-order chi connectivity index (χ0) is 14.7. The monoisotopic (exact) mass is 280 g/mol. The van der Waals surface area contributed by atoms with E-state index in [1.807, 2.05) is 12.4 Å². The summed E-state index contributed by atoms with van der Waals surface area (Å²) in [6.07, 6.45) is 6.28. The molecule has 0 N–H and O–H groups in total. The van der Waals surface area contributed by atoms with Crippen molar-refractivity contribution in [3.8, 4) is 0 Å². The molecule has 0 saturated carbocycles. The smallest absolute Gasteiger partial charge is 0.0366 e. The molecular formula is C19H24N2. The first-order valence-electron chi connectivity index (χ1n) is 7.99. The van der Waals surface area contributed by atoms with Gasteiger partial charge in [0, 0.05) is 31.2 Å². The summed E-state index contributed by atoms with van der Waals surface area (Å²) >= 11 is 0. The highest BCUT2D eigenvalue weighted by Gasteiger charge is 2.20. The number of aromatic nitrogens is 1. The highest BCUT2D eigenvalue weighted by Crippen LogP contribution is 2.30. The molecule has 0 amide bonds. The highest BCUT2D eigenvalue weighted by atomic mass is 15.1. The molecule has 0 unspecified atom stereocenters. The van der Waals surface area contributed by atoms with Crippen molar-refractivity contribution in [2.75, 3.05) is 18.0 Å². The van der Waals surface area contributed by atoms with E-state index in [2.05, 4.69) is 60.1 Å². The molecule has 0 atom stereocenters. The SMILES string of the molecule is CC(C)c1ccc(N2CCC(c3ccncc3)CC2)cc1. The first-order valence-corrected chi connectivity index (χ1v) is 7.99. The number of rotatable bonds is 3. The van der Waals surface area contributed by atoms with E-state index in [0.29, 0.717) is 11.8 Å². The van der Waals surface area contributed by atoms with Gasteiger partial charge in [-0.25, -0.2) is 0 Å². The Hall–Kier alpha value is -1.83. The van der Waals surface area contributed by atoms with Gasteiger partial charge in [0.15, 0.2) is 0 Å². The Morgan fingerprint density at radius 1 is 0.952 bits per heavy atom. The molecule has 0 spiro atoms. The minimum Gasteiger partial charge on any atom is -0.371 e. The van der Waals surface area contributed by atoms with Crippen LogP contribution >= 0.6 is 0 Å². The molecule has 2 heteroatoms. The van der Waals surface area contributed by atoms with Crippen LogP contribution in [-0.4, -0.2) is 18.1 Å². The molecule has 1 fully saturated rings. The first-order chi connectivity index (χ1) is 10.2. The van der Waals surface area contributed by atoms with Crippen molar-refractivity contribution in [2.45, 2.75) is 38.5 Å². The van der Waals surface area contributed by atoms with Crippen LogP contribution in [0.25, 0.3) is 0 Å². The third-order valence-corrected chi connectivity index (χ3v) is 4.60. The molecule has 2 heterocycles. The second kappa shape index (κ2) is 6.30. The topological polar surface area (TPSA) is 16.1 Å². The van der Waals surface area contributed by atoms with E-state index in [4.69, 9.17) is 0 Å². The number of pyridine rings is 1. The number of benzene rings is 1. The second-order valence-corrected chi connectivity index (χ2v) is 6.29. The minimum absolute atomic E-state index is 0.608. The molecule has 1 aliphatic rings. The second-order valence-electron chi connectivity index (χ2n) is 6.29. The zero-order valence-electron chi connectivity index (χ0n) is 13.0. The Labute approximate surface area is 127 Å². The van der Waals surface area contributed by atoms with E-state index < -0.39 is 0 Å². The van der Waals surface area contributed by atoms with E-state index in [9.17, 15) is 0 Å². The molecule has 0 radical (unpaired) electrons. The summed E-state index contributed by atoms with van der Waals surface area (Å²) < 4.78 is 0. The van der Waals surface area contributed by atoms with Crippen LogP contribution in [0.2, 0.25) is 0 Å². The number of hydrogen-bond donors (Lipinski definition) is 0. The lowest BCUT2D eigenvalue weighted by Crippen LogP contribution is -2.32. The summed E-state index contributed by atoms with van der Waals surface area (Å²) in [6.45, 7) is 6.78. The van der Waals surface area contributed by atoms with Crippen LogP contribution in [0.4, 0.5) is 5.69 Å². The molecule has 110 valence electrons. The predicted molar refractivity (Wildman–Crippen MR) is 89.0 cm³/mol. The average Bonchev–Trinajstić information content (AvgIpc) is 2.56. The quantitative estimate of drug-likeness (QED) is 0.817. The zero-order valence-corrected chi connectivity index (χ0v) is 13.0. The molecule has 2 nitrogen and oxygen atoms in total. The molecule has 0 bridgehead atoms. The Kier molecular flexibility index (Phi) is 4.23. The highest BCUT2D eigenvalue weighted by molar-refractivity contribution is 5.48. The third-order valence-electron chi connectivity index (χ3n) is 4.60. The lowest BCUT2D eigenvalue weighted by atomic mass is 9.90. The number of hydrogen-bond acceptors (Lipinski definition) is 2. The summed E-state index contributed by atoms with van der Waals surface area (Å²) in [5, 5.41) is 0. The van der Waals surface area contributed by atoms with Gasteiger partial charge in [-0.2, -0.15) is 0 Å². The van der Waals surface area contributed by atoms with Crippen molar-refractivity contribution in [3.63, 3.8) is 0 Å². The molecule has 1 aromatic carbocycles. The third kappa shape index (κ3) is 3.26. The molecule has 3 rings (SSSR count). The maximum absolute atomic E-state index is 4.11. The average molecular weight is 280 g/mol. The van der Waals surface area contributed by atoms with Crippen LogP contribution in [0.3, 0.4) is 0 Å². The Morgan fingerprint density at radius 3 is 2.14 bits per heavy atom. The Bertz CT molecular complexity index is 552. The van der Waals surface area contributed by atoms with Crippen molar-refractivity contribution in [2.24, 2.45) is 0 Å². The van der Waals surface area contributed by atoms with Crippen molar-refractivity contribution in [3.05, 3.63) is 59.9 Å². The molecule has 2 aromatic rings. The van der Waals surface area contributed by atoms with E-state index >= 15 is 0 Å². The Morgan fingerprint density at radius 2 is 1.57 bits per heavy atom. The summed E-state index contributed by atoms with van der Waals surface area (Å²) in [4.78, 5) is 6.63. The number of nitrogens with zero attached hydrogens (tertiary/aromatic N) is 2. The summed E-state index contributed by atoms with van der Waals surface area (Å²) in [5.74, 6) is 1.30. The van der Waals surface area contributed by atoms with Crippen molar-refractivity contribution in [1.29, 1.82) is 0 Å². The van der Waals surface area contributed by atoms with Crippen molar-refractivity contribution in [1.82, 2.24) is 4.98 Å². The lowest BCUT2D eigenvalue weighted by Gasteiger charge is -2.34. The standard InChI is InChI=1S/C19H24N2/c1-15(2)16-3-5-19(6-4-16)21-13-9-18(10-14-21)17-7-11-20-12-8-17/h3-8,11-12,15,18H,9-10,13-14H2,1-2H3. The van der Waals surface area contributed by atoms with Gasteiger partial charge in [-0.1, -0.05) is 26.0 Å². The molecular weight excluding hydrogens is 256 g/mol. The van der Waals surface area contributed by atoms with Crippen LogP contribution in [0.5, 0.6) is 0 Å². The molecule has 0 aliphatic carbocycles. The van der Waals surface area contributed by atoms with Gasteiger partial charge in [0.2, 0.25) is 0 Å². The minimum atomic E-state index is 0.608.